The van der Waals surface area contributed by atoms with Gasteiger partial charge < -0.3 is 15.0 Å². The number of amides is 1. The molecule has 0 atom stereocenters. The Balaban J connectivity index is 2.27. The second kappa shape index (κ2) is 5.18. The van der Waals surface area contributed by atoms with Gasteiger partial charge in [0.1, 0.15) is 11.3 Å². The lowest BCUT2D eigenvalue weighted by molar-refractivity contribution is 0.102. The Morgan fingerprint density at radius 3 is 2.72 bits per heavy atom. The summed E-state index contributed by atoms with van der Waals surface area (Å²) >= 11 is 0. The van der Waals surface area contributed by atoms with Crippen LogP contribution in [0, 0.1) is 0 Å². The van der Waals surface area contributed by atoms with Crippen LogP contribution in [0.25, 0.3) is 0 Å². The van der Waals surface area contributed by atoms with E-state index in [1.807, 2.05) is 0 Å². The van der Waals surface area contributed by atoms with Crippen molar-refractivity contribution in [2.45, 2.75) is 0 Å². The van der Waals surface area contributed by atoms with Crippen molar-refractivity contribution >= 4 is 11.6 Å². The molecule has 0 fully saturated rings. The number of hydrogen-bond donors (Lipinski definition) is 2. The van der Waals surface area contributed by atoms with Gasteiger partial charge in [0.05, 0.1) is 12.8 Å². The number of rotatable bonds is 3. The molecular formula is C13H12N2O3. The van der Waals surface area contributed by atoms with Gasteiger partial charge in [-0.3, -0.25) is 9.59 Å². The maximum Gasteiger partial charge on any atom is 0.261 e. The summed E-state index contributed by atoms with van der Waals surface area (Å²) in [5, 5.41) is 2.63. The molecule has 2 aromatic rings. The number of pyridine rings is 1. The number of hydrogen-bond acceptors (Lipinski definition) is 3. The molecule has 2 rings (SSSR count). The van der Waals surface area contributed by atoms with E-state index in [0.717, 1.165) is 0 Å². The topological polar surface area (TPSA) is 71.2 Å². The van der Waals surface area contributed by atoms with E-state index < -0.39 is 11.5 Å². The minimum atomic E-state index is -0.471. The SMILES string of the molecule is COc1ccccc1NC(=O)c1ccc[nH]c1=O. The van der Waals surface area contributed by atoms with Gasteiger partial charge in [-0.05, 0) is 24.3 Å². The Labute approximate surface area is 103 Å². The molecule has 1 amide bonds. The highest BCUT2D eigenvalue weighted by atomic mass is 16.5. The number of methoxy groups -OCH3 is 1. The highest BCUT2D eigenvalue weighted by Crippen LogP contribution is 2.23. The monoisotopic (exact) mass is 244 g/mol. The van der Waals surface area contributed by atoms with Gasteiger partial charge >= 0.3 is 0 Å². The first kappa shape index (κ1) is 11.9. The fourth-order valence-electron chi connectivity index (χ4n) is 1.54. The highest BCUT2D eigenvalue weighted by molar-refractivity contribution is 6.04. The first-order valence-electron chi connectivity index (χ1n) is 5.34. The van der Waals surface area contributed by atoms with Crippen LogP contribution in [0.5, 0.6) is 5.75 Å². The van der Waals surface area contributed by atoms with Gasteiger partial charge in [0, 0.05) is 6.20 Å². The van der Waals surface area contributed by atoms with Crippen LogP contribution in [-0.2, 0) is 0 Å². The molecule has 5 nitrogen and oxygen atoms in total. The molecule has 0 unspecified atom stereocenters. The number of nitrogens with one attached hydrogen (secondary N) is 2. The van der Waals surface area contributed by atoms with E-state index in [9.17, 15) is 9.59 Å². The fraction of sp³-hybridized carbons (Fsp3) is 0.0769. The zero-order valence-electron chi connectivity index (χ0n) is 9.77. The Kier molecular flexibility index (Phi) is 3.43. The molecule has 0 saturated heterocycles. The lowest BCUT2D eigenvalue weighted by Gasteiger charge is -2.09. The predicted octanol–water partition coefficient (Wildman–Crippen LogP) is 1.64. The van der Waals surface area contributed by atoms with Gasteiger partial charge in [0.25, 0.3) is 11.5 Å². The van der Waals surface area contributed by atoms with Gasteiger partial charge in [-0.25, -0.2) is 0 Å². The van der Waals surface area contributed by atoms with E-state index in [-0.39, 0.29) is 5.56 Å². The summed E-state index contributed by atoms with van der Waals surface area (Å²) in [7, 11) is 1.51. The predicted molar refractivity (Wildman–Crippen MR) is 68.0 cm³/mol. The number of carbonyl (C=O) groups is 1. The first-order valence-corrected chi connectivity index (χ1v) is 5.34. The summed E-state index contributed by atoms with van der Waals surface area (Å²) < 4.78 is 5.11. The normalized spacial score (nSPS) is 9.83. The Morgan fingerprint density at radius 2 is 2.00 bits per heavy atom. The third-order valence-corrected chi connectivity index (χ3v) is 2.42. The van der Waals surface area contributed by atoms with Crippen molar-refractivity contribution in [2.24, 2.45) is 0 Å². The van der Waals surface area contributed by atoms with E-state index >= 15 is 0 Å². The molecule has 2 N–H and O–H groups in total. The molecule has 0 spiro atoms. The van der Waals surface area contributed by atoms with E-state index in [1.165, 1.54) is 19.4 Å². The number of aromatic nitrogens is 1. The molecule has 0 aliphatic rings. The van der Waals surface area contributed by atoms with E-state index in [0.29, 0.717) is 11.4 Å². The van der Waals surface area contributed by atoms with Crippen LogP contribution in [-0.4, -0.2) is 18.0 Å². The van der Waals surface area contributed by atoms with Gasteiger partial charge in [0.15, 0.2) is 0 Å². The smallest absolute Gasteiger partial charge is 0.261 e. The van der Waals surface area contributed by atoms with Crippen molar-refractivity contribution in [2.75, 3.05) is 12.4 Å². The third kappa shape index (κ3) is 2.40. The summed E-state index contributed by atoms with van der Waals surface area (Å²) in [5.74, 6) is 0.0690. The van der Waals surface area contributed by atoms with Gasteiger partial charge in [-0.15, -0.1) is 0 Å². The molecule has 0 radical (unpaired) electrons. The van der Waals surface area contributed by atoms with E-state index in [4.69, 9.17) is 4.74 Å². The molecule has 18 heavy (non-hydrogen) atoms. The molecular weight excluding hydrogens is 232 g/mol. The molecule has 1 heterocycles. The molecule has 0 aliphatic heterocycles. The van der Waals surface area contributed by atoms with Gasteiger partial charge in [0.2, 0.25) is 0 Å². The molecule has 5 heteroatoms. The third-order valence-electron chi connectivity index (χ3n) is 2.42. The molecule has 0 saturated carbocycles. The minimum Gasteiger partial charge on any atom is -0.495 e. The number of anilines is 1. The van der Waals surface area contributed by atoms with Crippen LogP contribution in [0.1, 0.15) is 10.4 Å². The first-order chi connectivity index (χ1) is 8.72. The number of benzene rings is 1. The standard InChI is InChI=1S/C13H12N2O3/c1-18-11-7-3-2-6-10(11)15-13(17)9-5-4-8-14-12(9)16/h2-8H,1H3,(H,14,16)(H,15,17). The number of H-pyrrole nitrogens is 1. The van der Waals surface area contributed by atoms with Crippen molar-refractivity contribution in [1.82, 2.24) is 4.98 Å². The van der Waals surface area contributed by atoms with Crippen LogP contribution in [0.3, 0.4) is 0 Å². The maximum atomic E-state index is 11.9. The Hall–Kier alpha value is -2.56. The Morgan fingerprint density at radius 1 is 1.22 bits per heavy atom. The van der Waals surface area contributed by atoms with Crippen molar-refractivity contribution < 1.29 is 9.53 Å². The van der Waals surface area contributed by atoms with Crippen LogP contribution >= 0.6 is 0 Å². The van der Waals surface area contributed by atoms with Crippen LogP contribution in [0.2, 0.25) is 0 Å². The zero-order chi connectivity index (χ0) is 13.0. The number of carbonyl (C=O) groups excluding carboxylic acids is 1. The van der Waals surface area contributed by atoms with Gasteiger partial charge in [-0.1, -0.05) is 12.1 Å². The molecule has 1 aromatic carbocycles. The molecule has 0 aliphatic carbocycles. The second-order valence-corrected chi connectivity index (χ2v) is 3.57. The quantitative estimate of drug-likeness (QED) is 0.862. The minimum absolute atomic E-state index is 0.0587. The molecule has 92 valence electrons. The summed E-state index contributed by atoms with van der Waals surface area (Å²) in [6.45, 7) is 0. The van der Waals surface area contributed by atoms with Crippen molar-refractivity contribution in [1.29, 1.82) is 0 Å². The number of ether oxygens (including phenoxy) is 1. The summed E-state index contributed by atoms with van der Waals surface area (Å²) in [5.41, 5.74) is 0.154. The van der Waals surface area contributed by atoms with Crippen molar-refractivity contribution in [3.8, 4) is 5.75 Å². The number of aromatic amines is 1. The Bertz CT molecular complexity index is 619. The highest BCUT2D eigenvalue weighted by Gasteiger charge is 2.11. The average Bonchev–Trinajstić information content (AvgIpc) is 2.39. The lowest BCUT2D eigenvalue weighted by Crippen LogP contribution is -2.22. The van der Waals surface area contributed by atoms with Crippen LogP contribution < -0.4 is 15.6 Å². The van der Waals surface area contributed by atoms with Crippen LogP contribution in [0.4, 0.5) is 5.69 Å². The lowest BCUT2D eigenvalue weighted by atomic mass is 10.2. The van der Waals surface area contributed by atoms with Crippen molar-refractivity contribution in [3.05, 3.63) is 58.5 Å². The fourth-order valence-corrected chi connectivity index (χ4v) is 1.54. The average molecular weight is 244 g/mol. The van der Waals surface area contributed by atoms with E-state index in [2.05, 4.69) is 10.3 Å². The number of para-hydroxylation sites is 2. The molecule has 0 bridgehead atoms. The van der Waals surface area contributed by atoms with Crippen molar-refractivity contribution in [3.63, 3.8) is 0 Å². The van der Waals surface area contributed by atoms with Gasteiger partial charge in [-0.2, -0.15) is 0 Å². The van der Waals surface area contributed by atoms with E-state index in [1.54, 1.807) is 30.3 Å². The summed E-state index contributed by atoms with van der Waals surface area (Å²) in [6, 6.07) is 10.1. The second-order valence-electron chi connectivity index (χ2n) is 3.57. The summed E-state index contributed by atoms with van der Waals surface area (Å²) in [6.07, 6.45) is 1.47. The van der Waals surface area contributed by atoms with Crippen LogP contribution in [0.15, 0.2) is 47.4 Å². The zero-order valence-corrected chi connectivity index (χ0v) is 9.77. The summed E-state index contributed by atoms with van der Waals surface area (Å²) in [4.78, 5) is 25.8. The molecule has 1 aromatic heterocycles. The maximum absolute atomic E-state index is 11.9. The largest absolute Gasteiger partial charge is 0.495 e.